The quantitative estimate of drug-likeness (QED) is 0.611. The van der Waals surface area contributed by atoms with E-state index in [4.69, 9.17) is 0 Å². The predicted octanol–water partition coefficient (Wildman–Crippen LogP) is 2.24. The van der Waals surface area contributed by atoms with Crippen molar-refractivity contribution in [3.8, 4) is 0 Å². The maximum Gasteiger partial charge on any atom is 0.272 e. The van der Waals surface area contributed by atoms with E-state index in [1.54, 1.807) is 6.92 Å². The Morgan fingerprint density at radius 3 is 2.37 bits per heavy atom. The first kappa shape index (κ1) is 15.1. The Bertz CT molecular complexity index is 474. The second-order valence-corrected chi connectivity index (χ2v) is 4.44. The lowest BCUT2D eigenvalue weighted by molar-refractivity contribution is -0.138. The highest BCUT2D eigenvalue weighted by Crippen LogP contribution is 2.29. The van der Waals surface area contributed by atoms with Crippen LogP contribution in [0.25, 0.3) is 0 Å². The molecule has 1 N–H and O–H groups in total. The first-order chi connectivity index (χ1) is 8.95. The molecule has 2 amide bonds. The number of hydrogen-bond acceptors (Lipinski definition) is 4. The summed E-state index contributed by atoms with van der Waals surface area (Å²) in [5.41, 5.74) is -0.171. The van der Waals surface area contributed by atoms with Gasteiger partial charge in [-0.3, -0.25) is 14.4 Å². The number of aliphatic hydroxyl groups is 1. The molecule has 1 rings (SSSR count). The number of hydrogen-bond donors (Lipinski definition) is 1. The smallest absolute Gasteiger partial charge is 0.272 e. The average molecular weight is 265 g/mol. The van der Waals surface area contributed by atoms with Crippen LogP contribution in [-0.2, 0) is 14.4 Å². The lowest BCUT2D eigenvalue weighted by atomic mass is 10.0. The standard InChI is InChI=1S/C14H19NO4/c1-4-6-7-8-11(17)12-13(18)10(5-2)15(9(3)16)14(12)19/h5,18H,4,6-8H2,1-3H3/b10-5-. The van der Waals surface area contributed by atoms with Crippen LogP contribution in [0.4, 0.5) is 0 Å². The zero-order valence-electron chi connectivity index (χ0n) is 11.5. The number of carbonyl (C=O) groups is 3. The van der Waals surface area contributed by atoms with Gasteiger partial charge in [-0.2, -0.15) is 0 Å². The zero-order chi connectivity index (χ0) is 14.6. The zero-order valence-corrected chi connectivity index (χ0v) is 11.5. The molecule has 104 valence electrons. The van der Waals surface area contributed by atoms with Gasteiger partial charge in [0.2, 0.25) is 5.91 Å². The highest BCUT2D eigenvalue weighted by Gasteiger charge is 2.40. The van der Waals surface area contributed by atoms with E-state index >= 15 is 0 Å². The highest BCUT2D eigenvalue weighted by molar-refractivity contribution is 6.25. The minimum Gasteiger partial charge on any atom is -0.505 e. The molecule has 0 aromatic carbocycles. The molecule has 1 aliphatic rings. The lowest BCUT2D eigenvalue weighted by Crippen LogP contribution is -2.31. The number of allylic oxidation sites excluding steroid dienone is 1. The van der Waals surface area contributed by atoms with E-state index in [1.165, 1.54) is 13.0 Å². The number of unbranched alkanes of at least 4 members (excludes halogenated alkanes) is 2. The Hall–Kier alpha value is -1.91. The van der Waals surface area contributed by atoms with Crippen LogP contribution in [0.2, 0.25) is 0 Å². The second-order valence-electron chi connectivity index (χ2n) is 4.44. The van der Waals surface area contributed by atoms with Crippen LogP contribution < -0.4 is 0 Å². The third-order valence-electron chi connectivity index (χ3n) is 3.01. The number of nitrogens with zero attached hydrogens (tertiary/aromatic N) is 1. The van der Waals surface area contributed by atoms with Crippen LogP contribution in [0, 0.1) is 0 Å². The molecular weight excluding hydrogens is 246 g/mol. The van der Waals surface area contributed by atoms with Crippen LogP contribution in [0.1, 0.15) is 46.5 Å². The van der Waals surface area contributed by atoms with Crippen molar-refractivity contribution in [2.45, 2.75) is 46.5 Å². The number of rotatable bonds is 5. The maximum absolute atomic E-state index is 12.0. The van der Waals surface area contributed by atoms with E-state index in [9.17, 15) is 19.5 Å². The molecule has 19 heavy (non-hydrogen) atoms. The van der Waals surface area contributed by atoms with Crippen molar-refractivity contribution >= 4 is 17.6 Å². The minimum absolute atomic E-state index is 0.0938. The van der Waals surface area contributed by atoms with Crippen LogP contribution in [0.5, 0.6) is 0 Å². The highest BCUT2D eigenvalue weighted by atomic mass is 16.3. The van der Waals surface area contributed by atoms with E-state index in [0.717, 1.165) is 17.7 Å². The van der Waals surface area contributed by atoms with Gasteiger partial charge in [0.05, 0.1) is 5.70 Å². The topological polar surface area (TPSA) is 74.7 Å². The predicted molar refractivity (Wildman–Crippen MR) is 70.1 cm³/mol. The molecule has 0 fully saturated rings. The number of ketones is 1. The fraction of sp³-hybridized carbons (Fsp3) is 0.500. The van der Waals surface area contributed by atoms with E-state index in [1.807, 2.05) is 6.92 Å². The Morgan fingerprint density at radius 1 is 1.32 bits per heavy atom. The fourth-order valence-corrected chi connectivity index (χ4v) is 2.05. The molecule has 0 aliphatic carbocycles. The number of aliphatic hydroxyl groups excluding tert-OH is 1. The molecule has 0 saturated carbocycles. The molecule has 0 saturated heterocycles. The summed E-state index contributed by atoms with van der Waals surface area (Å²) in [6.07, 6.45) is 4.18. The van der Waals surface area contributed by atoms with Crippen LogP contribution in [0.3, 0.4) is 0 Å². The fourth-order valence-electron chi connectivity index (χ4n) is 2.05. The molecule has 1 aliphatic heterocycles. The van der Waals surface area contributed by atoms with Gasteiger partial charge in [0.15, 0.2) is 11.5 Å². The molecule has 0 spiro atoms. The molecule has 0 aromatic heterocycles. The van der Waals surface area contributed by atoms with Gasteiger partial charge in [-0.15, -0.1) is 0 Å². The van der Waals surface area contributed by atoms with Crippen molar-refractivity contribution < 1.29 is 19.5 Å². The minimum atomic E-state index is -0.723. The van der Waals surface area contributed by atoms with Crippen molar-refractivity contribution in [3.63, 3.8) is 0 Å². The molecule has 0 unspecified atom stereocenters. The van der Waals surface area contributed by atoms with Crippen LogP contribution >= 0.6 is 0 Å². The van der Waals surface area contributed by atoms with E-state index in [0.29, 0.717) is 6.42 Å². The Kier molecular flexibility index (Phi) is 5.03. The Morgan fingerprint density at radius 2 is 1.95 bits per heavy atom. The van der Waals surface area contributed by atoms with Crippen LogP contribution in [-0.4, -0.2) is 27.6 Å². The summed E-state index contributed by atoms with van der Waals surface area (Å²) in [5.74, 6) is -2.02. The van der Waals surface area contributed by atoms with Crippen molar-refractivity contribution in [2.75, 3.05) is 0 Å². The number of Topliss-reactive ketones (excluding diaryl/α,β-unsaturated/α-hetero) is 1. The molecule has 5 nitrogen and oxygen atoms in total. The van der Waals surface area contributed by atoms with Crippen LogP contribution in [0.15, 0.2) is 23.1 Å². The third-order valence-corrected chi connectivity index (χ3v) is 3.01. The van der Waals surface area contributed by atoms with Gasteiger partial charge in [-0.1, -0.05) is 25.8 Å². The average Bonchev–Trinajstić information content (AvgIpc) is 2.60. The molecule has 5 heteroatoms. The lowest BCUT2D eigenvalue weighted by Gasteiger charge is -2.13. The third kappa shape index (κ3) is 2.92. The van der Waals surface area contributed by atoms with Gasteiger partial charge in [-0.25, -0.2) is 4.90 Å². The SMILES string of the molecule is C/C=C1/C(O)=C(C(=O)CCCCC)C(=O)N1C(C)=O. The van der Waals surface area contributed by atoms with Gasteiger partial charge < -0.3 is 5.11 Å². The Labute approximate surface area is 112 Å². The molecule has 0 atom stereocenters. The number of carbonyl (C=O) groups excluding carboxylic acids is 3. The Balaban J connectivity index is 3.00. The summed E-state index contributed by atoms with van der Waals surface area (Å²) in [5, 5.41) is 9.94. The summed E-state index contributed by atoms with van der Waals surface area (Å²) in [4.78, 5) is 36.2. The summed E-state index contributed by atoms with van der Waals surface area (Å²) >= 11 is 0. The summed E-state index contributed by atoms with van der Waals surface area (Å²) in [6.45, 7) is 4.83. The molecule has 0 bridgehead atoms. The largest absolute Gasteiger partial charge is 0.505 e. The molecule has 1 heterocycles. The van der Waals surface area contributed by atoms with Crippen molar-refractivity contribution in [1.82, 2.24) is 4.90 Å². The van der Waals surface area contributed by atoms with Crippen molar-refractivity contribution in [1.29, 1.82) is 0 Å². The van der Waals surface area contributed by atoms with Gasteiger partial charge in [-0.05, 0) is 13.3 Å². The van der Waals surface area contributed by atoms with E-state index < -0.39 is 17.6 Å². The molecule has 0 radical (unpaired) electrons. The first-order valence-corrected chi connectivity index (χ1v) is 6.43. The number of imide groups is 1. The molecule has 0 aromatic rings. The molecular formula is C14H19NO4. The van der Waals surface area contributed by atoms with Gasteiger partial charge in [0.25, 0.3) is 5.91 Å². The van der Waals surface area contributed by atoms with Crippen molar-refractivity contribution in [2.24, 2.45) is 0 Å². The van der Waals surface area contributed by atoms with E-state index in [2.05, 4.69) is 0 Å². The normalized spacial score (nSPS) is 17.5. The summed E-state index contributed by atoms with van der Waals surface area (Å²) in [7, 11) is 0. The van der Waals surface area contributed by atoms with Gasteiger partial charge >= 0.3 is 0 Å². The second kappa shape index (κ2) is 6.31. The summed E-state index contributed by atoms with van der Waals surface area (Å²) < 4.78 is 0. The first-order valence-electron chi connectivity index (χ1n) is 6.43. The van der Waals surface area contributed by atoms with E-state index in [-0.39, 0.29) is 23.5 Å². The summed E-state index contributed by atoms with van der Waals surface area (Å²) in [6, 6.07) is 0. The van der Waals surface area contributed by atoms with Crippen molar-refractivity contribution in [3.05, 3.63) is 23.1 Å². The van der Waals surface area contributed by atoms with Gasteiger partial charge in [0.1, 0.15) is 5.57 Å². The monoisotopic (exact) mass is 265 g/mol. The maximum atomic E-state index is 12.0. The number of amides is 2. The van der Waals surface area contributed by atoms with Gasteiger partial charge in [0, 0.05) is 13.3 Å².